The summed E-state index contributed by atoms with van der Waals surface area (Å²) < 4.78 is 34.6. The van der Waals surface area contributed by atoms with Crippen molar-refractivity contribution in [3.8, 4) is 0 Å². The van der Waals surface area contributed by atoms with Gasteiger partial charge in [0.2, 0.25) is 0 Å². The van der Waals surface area contributed by atoms with Crippen molar-refractivity contribution in [1.82, 2.24) is 0 Å². The van der Waals surface area contributed by atoms with E-state index in [0.717, 1.165) is 51.4 Å². The third-order valence-corrected chi connectivity index (χ3v) is 7.26. The van der Waals surface area contributed by atoms with E-state index >= 15 is 0 Å². The molecule has 0 saturated carbocycles. The molecular weight excluding hydrogens is 407 g/mol. The summed E-state index contributed by atoms with van der Waals surface area (Å²) in [6.07, 6.45) is 23.2. The summed E-state index contributed by atoms with van der Waals surface area (Å²) >= 11 is 0. The molecule has 0 aliphatic rings. The molecule has 0 heterocycles. The van der Waals surface area contributed by atoms with Gasteiger partial charge in [-0.25, -0.2) is 8.42 Å². The van der Waals surface area contributed by atoms with E-state index in [4.69, 9.17) is 5.11 Å². The standard InChI is InChI=1S/C24H50O4S.Na/c1-2-3-4-5-6-9-12-15-18-21-24(29(26,27)28)22-19-16-13-10-7-8-11-14-17-20-23-25;/h24-25H,2-23H2,1H3,(H,26,27,28);/q;+1/p-1. The third-order valence-electron chi connectivity index (χ3n) is 5.97. The van der Waals surface area contributed by atoms with Gasteiger partial charge >= 0.3 is 29.6 Å². The van der Waals surface area contributed by atoms with Gasteiger partial charge in [-0.1, -0.05) is 122 Å². The van der Waals surface area contributed by atoms with Crippen molar-refractivity contribution in [1.29, 1.82) is 0 Å². The van der Waals surface area contributed by atoms with Crippen LogP contribution >= 0.6 is 0 Å². The van der Waals surface area contributed by atoms with Crippen molar-refractivity contribution in [3.63, 3.8) is 0 Å². The van der Waals surface area contributed by atoms with Crippen molar-refractivity contribution in [2.75, 3.05) is 6.61 Å². The number of aliphatic hydroxyl groups is 1. The van der Waals surface area contributed by atoms with Crippen LogP contribution < -0.4 is 29.6 Å². The minimum atomic E-state index is -4.15. The second-order valence-electron chi connectivity index (χ2n) is 8.78. The molecule has 0 radical (unpaired) electrons. The van der Waals surface area contributed by atoms with Crippen LogP contribution in [0.5, 0.6) is 0 Å². The van der Waals surface area contributed by atoms with E-state index in [-0.39, 0.29) is 29.6 Å². The molecule has 1 unspecified atom stereocenters. The summed E-state index contributed by atoms with van der Waals surface area (Å²) in [6, 6.07) is 0. The maximum Gasteiger partial charge on any atom is 1.00 e. The van der Waals surface area contributed by atoms with Gasteiger partial charge in [-0.05, 0) is 19.3 Å². The van der Waals surface area contributed by atoms with E-state index in [0.29, 0.717) is 19.4 Å². The first kappa shape index (κ1) is 33.0. The Hall–Kier alpha value is 0.870. The molecule has 0 aliphatic heterocycles. The molecule has 6 heteroatoms. The third kappa shape index (κ3) is 23.5. The van der Waals surface area contributed by atoms with Crippen LogP contribution in [0.4, 0.5) is 0 Å². The van der Waals surface area contributed by atoms with Crippen molar-refractivity contribution < 1.29 is 47.6 Å². The average molecular weight is 457 g/mol. The minimum absolute atomic E-state index is 0. The van der Waals surface area contributed by atoms with Gasteiger partial charge in [0.15, 0.2) is 0 Å². The summed E-state index contributed by atoms with van der Waals surface area (Å²) in [5.74, 6) is 0. The van der Waals surface area contributed by atoms with Crippen LogP contribution in [0.15, 0.2) is 0 Å². The largest absolute Gasteiger partial charge is 1.00 e. The zero-order chi connectivity index (χ0) is 21.6. The molecule has 0 aromatic carbocycles. The van der Waals surface area contributed by atoms with Crippen molar-refractivity contribution >= 4 is 10.1 Å². The van der Waals surface area contributed by atoms with Gasteiger partial charge in [-0.2, -0.15) is 0 Å². The Kier molecular flexibility index (Phi) is 27.0. The SMILES string of the molecule is CCCCCCCCCCCC(CCCCCCCCCCCCO)S(=O)(=O)[O-].[Na+]. The van der Waals surface area contributed by atoms with Crippen LogP contribution in [-0.4, -0.2) is 29.9 Å². The van der Waals surface area contributed by atoms with Crippen LogP contribution in [0.25, 0.3) is 0 Å². The fourth-order valence-electron chi connectivity index (χ4n) is 4.01. The Morgan fingerprint density at radius 1 is 0.600 bits per heavy atom. The van der Waals surface area contributed by atoms with Crippen molar-refractivity contribution in [2.45, 2.75) is 147 Å². The smallest absolute Gasteiger partial charge is 0.748 e. The number of hydrogen-bond acceptors (Lipinski definition) is 4. The Balaban J connectivity index is 0. The molecule has 0 aromatic rings. The maximum absolute atomic E-state index is 11.5. The van der Waals surface area contributed by atoms with E-state index in [1.807, 2.05) is 0 Å². The molecule has 1 atom stereocenters. The number of rotatable bonds is 23. The van der Waals surface area contributed by atoms with Gasteiger partial charge in [-0.15, -0.1) is 0 Å². The van der Waals surface area contributed by atoms with Gasteiger partial charge in [-0.3, -0.25) is 0 Å². The predicted octanol–water partition coefficient (Wildman–Crippen LogP) is 4.11. The zero-order valence-electron chi connectivity index (χ0n) is 20.2. The number of aliphatic hydroxyl groups excluding tert-OH is 1. The molecule has 0 amide bonds. The van der Waals surface area contributed by atoms with E-state index in [1.54, 1.807) is 0 Å². The molecular formula is C24H49NaO4S. The van der Waals surface area contributed by atoms with E-state index < -0.39 is 15.4 Å². The van der Waals surface area contributed by atoms with Crippen LogP contribution in [0.3, 0.4) is 0 Å². The van der Waals surface area contributed by atoms with E-state index in [2.05, 4.69) is 6.92 Å². The van der Waals surface area contributed by atoms with Gasteiger partial charge in [0.05, 0.1) is 10.1 Å². The summed E-state index contributed by atoms with van der Waals surface area (Å²) in [4.78, 5) is 0. The first-order valence-corrected chi connectivity index (χ1v) is 14.0. The molecule has 0 spiro atoms. The summed E-state index contributed by atoms with van der Waals surface area (Å²) in [5, 5.41) is 8.07. The maximum atomic E-state index is 11.5. The molecule has 0 rings (SSSR count). The molecule has 30 heavy (non-hydrogen) atoms. The molecule has 0 bridgehead atoms. The summed E-state index contributed by atoms with van der Waals surface area (Å²) in [7, 11) is -4.15. The van der Waals surface area contributed by atoms with Crippen molar-refractivity contribution in [2.24, 2.45) is 0 Å². The van der Waals surface area contributed by atoms with Crippen LogP contribution in [-0.2, 0) is 10.1 Å². The molecule has 0 aromatic heterocycles. The number of hydrogen-bond donors (Lipinski definition) is 1. The monoisotopic (exact) mass is 456 g/mol. The van der Waals surface area contributed by atoms with Gasteiger partial charge in [0.25, 0.3) is 0 Å². The van der Waals surface area contributed by atoms with E-state index in [1.165, 1.54) is 70.6 Å². The van der Waals surface area contributed by atoms with E-state index in [9.17, 15) is 13.0 Å². The molecule has 4 nitrogen and oxygen atoms in total. The first-order chi connectivity index (χ1) is 14.0. The minimum Gasteiger partial charge on any atom is -0.748 e. The van der Waals surface area contributed by atoms with Gasteiger partial charge in [0.1, 0.15) is 0 Å². The Labute approximate surface area is 210 Å². The van der Waals surface area contributed by atoms with Crippen LogP contribution in [0.2, 0.25) is 0 Å². The molecule has 0 fully saturated rings. The Bertz CT molecular complexity index is 429. The van der Waals surface area contributed by atoms with Crippen LogP contribution in [0.1, 0.15) is 142 Å². The molecule has 0 saturated heterocycles. The topological polar surface area (TPSA) is 77.4 Å². The van der Waals surface area contributed by atoms with Gasteiger partial charge < -0.3 is 9.66 Å². The second-order valence-corrected chi connectivity index (χ2v) is 10.4. The molecule has 176 valence electrons. The Morgan fingerprint density at radius 2 is 0.900 bits per heavy atom. The normalized spacial score (nSPS) is 12.6. The molecule has 0 aliphatic carbocycles. The number of unbranched alkanes of at least 4 members (excludes halogenated alkanes) is 17. The molecule has 1 N–H and O–H groups in total. The fourth-order valence-corrected chi connectivity index (χ4v) is 4.92. The predicted molar refractivity (Wildman–Crippen MR) is 123 cm³/mol. The quantitative estimate of drug-likeness (QED) is 0.143. The summed E-state index contributed by atoms with van der Waals surface area (Å²) in [6.45, 7) is 2.53. The summed E-state index contributed by atoms with van der Waals surface area (Å²) in [5.41, 5.74) is 0. The van der Waals surface area contributed by atoms with Gasteiger partial charge in [0, 0.05) is 11.9 Å². The average Bonchev–Trinajstić information content (AvgIpc) is 2.68. The zero-order valence-corrected chi connectivity index (χ0v) is 23.0. The second kappa shape index (κ2) is 24.5. The van der Waals surface area contributed by atoms with Crippen LogP contribution in [0, 0.1) is 0 Å². The Morgan fingerprint density at radius 3 is 1.20 bits per heavy atom. The fraction of sp³-hybridized carbons (Fsp3) is 1.00. The van der Waals surface area contributed by atoms with Crippen molar-refractivity contribution in [3.05, 3.63) is 0 Å². The first-order valence-electron chi connectivity index (χ1n) is 12.6.